The van der Waals surface area contributed by atoms with Gasteiger partial charge in [0.15, 0.2) is 0 Å². The summed E-state index contributed by atoms with van der Waals surface area (Å²) >= 11 is 5.96. The van der Waals surface area contributed by atoms with Crippen molar-refractivity contribution in [3.63, 3.8) is 0 Å². The van der Waals surface area contributed by atoms with Crippen molar-refractivity contribution in [2.45, 2.75) is 50.4 Å². The molecule has 48 heavy (non-hydrogen) atoms. The highest BCUT2D eigenvalue weighted by Crippen LogP contribution is 2.19. The van der Waals surface area contributed by atoms with E-state index in [0.717, 1.165) is 22.0 Å². The van der Waals surface area contributed by atoms with Crippen LogP contribution in [0, 0.1) is 0 Å². The van der Waals surface area contributed by atoms with Gasteiger partial charge in [0.05, 0.1) is 12.6 Å². The van der Waals surface area contributed by atoms with E-state index in [4.69, 9.17) is 23.1 Å². The third kappa shape index (κ3) is 10.0. The Morgan fingerprint density at radius 3 is 2.12 bits per heavy atom. The van der Waals surface area contributed by atoms with E-state index >= 15 is 0 Å². The van der Waals surface area contributed by atoms with Gasteiger partial charge in [0.2, 0.25) is 29.5 Å². The quantitative estimate of drug-likeness (QED) is 0.0911. The molecule has 3 aromatic carbocycles. The Balaban J connectivity index is 1.38. The summed E-state index contributed by atoms with van der Waals surface area (Å²) in [6.45, 7) is 0.941. The summed E-state index contributed by atoms with van der Waals surface area (Å²) < 4.78 is 0. The van der Waals surface area contributed by atoms with Crippen molar-refractivity contribution >= 4 is 52.0 Å². The SMILES string of the molecule is C[C@H](NC(=O)[C@@H](N)Cc1ccc(O)cc1)C(=O)NCC(=O)N[C@@H](Cc1c[nH]c2ccccc12)C(=O)N[C@@H](Cc1ccc(Cl)cc1)C(N)=O. The van der Waals surface area contributed by atoms with E-state index in [1.165, 1.54) is 19.1 Å². The molecule has 4 aromatic rings. The van der Waals surface area contributed by atoms with Gasteiger partial charge < -0.3 is 42.8 Å². The van der Waals surface area contributed by atoms with Gasteiger partial charge in [0.25, 0.3) is 0 Å². The number of hydrogen-bond donors (Lipinski definition) is 8. The summed E-state index contributed by atoms with van der Waals surface area (Å²) in [4.78, 5) is 67.3. The number of hydrogen-bond acceptors (Lipinski definition) is 7. The van der Waals surface area contributed by atoms with E-state index in [1.807, 2.05) is 24.3 Å². The molecule has 0 bridgehead atoms. The number of phenolic OH excluding ortho intramolecular Hbond substituents is 1. The van der Waals surface area contributed by atoms with Crippen LogP contribution in [0.25, 0.3) is 10.9 Å². The topological polar surface area (TPSA) is 222 Å². The van der Waals surface area contributed by atoms with Gasteiger partial charge in [-0.15, -0.1) is 0 Å². The number of nitrogens with two attached hydrogens (primary N) is 2. The number of nitrogens with one attached hydrogen (secondary N) is 5. The molecule has 1 heterocycles. The molecular formula is C34H38ClN7O6. The van der Waals surface area contributed by atoms with Gasteiger partial charge >= 0.3 is 0 Å². The Kier molecular flexibility index (Phi) is 12.1. The van der Waals surface area contributed by atoms with Gasteiger partial charge in [-0.25, -0.2) is 0 Å². The number of primary amides is 1. The Hall–Kier alpha value is -5.40. The van der Waals surface area contributed by atoms with Gasteiger partial charge in [-0.05, 0) is 60.4 Å². The van der Waals surface area contributed by atoms with E-state index in [1.54, 1.807) is 42.6 Å². The van der Waals surface area contributed by atoms with Crippen molar-refractivity contribution in [1.29, 1.82) is 0 Å². The summed E-state index contributed by atoms with van der Waals surface area (Å²) in [7, 11) is 0. The highest BCUT2D eigenvalue weighted by Gasteiger charge is 2.28. The summed E-state index contributed by atoms with van der Waals surface area (Å²) in [6, 6.07) is 16.2. The highest BCUT2D eigenvalue weighted by atomic mass is 35.5. The fourth-order valence-corrected chi connectivity index (χ4v) is 5.14. The molecule has 0 aliphatic heterocycles. The summed E-state index contributed by atoms with van der Waals surface area (Å²) in [6.07, 6.45) is 2.07. The number of H-pyrrole nitrogens is 1. The molecule has 10 N–H and O–H groups in total. The molecule has 0 spiro atoms. The standard InChI is InChI=1S/C34H38ClN7O6/c1-19(40-33(47)26(36)14-20-8-12-24(43)13-9-20)32(46)39-18-30(44)41-29(16-22-17-38-27-5-3-2-4-25(22)27)34(48)42-28(31(37)45)15-21-6-10-23(35)11-7-21/h2-13,17,19,26,28-29,38,43H,14-16,18,36H2,1H3,(H2,37,45)(H,39,46)(H,40,47)(H,41,44)(H,42,48)/t19-,26-,28-,29-/m0/s1. The fraction of sp³-hybridized carbons (Fsp3) is 0.265. The number of phenols is 1. The maximum atomic E-state index is 13.6. The number of carbonyl (C=O) groups is 5. The van der Waals surface area contributed by atoms with Crippen LogP contribution in [0.5, 0.6) is 5.75 Å². The van der Waals surface area contributed by atoms with Crippen molar-refractivity contribution in [3.8, 4) is 5.75 Å². The molecule has 0 unspecified atom stereocenters. The van der Waals surface area contributed by atoms with E-state index in [9.17, 15) is 29.1 Å². The maximum absolute atomic E-state index is 13.6. The second-order valence-electron chi connectivity index (χ2n) is 11.4. The lowest BCUT2D eigenvalue weighted by molar-refractivity contribution is -0.132. The molecule has 13 nitrogen and oxygen atoms in total. The Morgan fingerprint density at radius 1 is 0.792 bits per heavy atom. The van der Waals surface area contributed by atoms with Gasteiger partial charge in [0.1, 0.15) is 23.9 Å². The van der Waals surface area contributed by atoms with Crippen LogP contribution in [0.3, 0.4) is 0 Å². The van der Waals surface area contributed by atoms with Crippen molar-refractivity contribution in [2.75, 3.05) is 6.54 Å². The smallest absolute Gasteiger partial charge is 0.243 e. The fourth-order valence-electron chi connectivity index (χ4n) is 5.01. The third-order valence-electron chi connectivity index (χ3n) is 7.67. The number of amides is 5. The van der Waals surface area contributed by atoms with Gasteiger partial charge in [-0.1, -0.05) is 54.1 Å². The Morgan fingerprint density at radius 2 is 1.44 bits per heavy atom. The lowest BCUT2D eigenvalue weighted by Gasteiger charge is -2.22. The van der Waals surface area contributed by atoms with Crippen LogP contribution >= 0.6 is 11.6 Å². The first-order valence-corrected chi connectivity index (χ1v) is 15.6. The van der Waals surface area contributed by atoms with Crippen LogP contribution < -0.4 is 32.7 Å². The minimum Gasteiger partial charge on any atom is -0.508 e. The second kappa shape index (κ2) is 16.4. The second-order valence-corrected chi connectivity index (χ2v) is 11.8. The number of fused-ring (bicyclic) bond motifs is 1. The van der Waals surface area contributed by atoms with Crippen LogP contribution in [0.4, 0.5) is 0 Å². The number of carbonyl (C=O) groups excluding carboxylic acids is 5. The average molecular weight is 676 g/mol. The number of benzene rings is 3. The lowest BCUT2D eigenvalue weighted by atomic mass is 10.0. The number of halogens is 1. The zero-order valence-electron chi connectivity index (χ0n) is 26.2. The number of aromatic nitrogens is 1. The maximum Gasteiger partial charge on any atom is 0.243 e. The van der Waals surface area contributed by atoms with Crippen molar-refractivity contribution in [3.05, 3.63) is 101 Å². The zero-order valence-corrected chi connectivity index (χ0v) is 26.9. The number of para-hydroxylation sites is 1. The molecule has 1 aromatic heterocycles. The molecule has 4 rings (SSSR count). The Labute approximate surface area is 281 Å². The molecule has 5 amide bonds. The van der Waals surface area contributed by atoms with Gasteiger partial charge in [-0.3, -0.25) is 24.0 Å². The van der Waals surface area contributed by atoms with Crippen LogP contribution in [-0.2, 0) is 43.2 Å². The van der Waals surface area contributed by atoms with Crippen molar-refractivity contribution in [2.24, 2.45) is 11.5 Å². The van der Waals surface area contributed by atoms with E-state index in [2.05, 4.69) is 26.3 Å². The van der Waals surface area contributed by atoms with E-state index in [0.29, 0.717) is 10.6 Å². The number of aromatic hydroxyl groups is 1. The predicted octanol–water partition coefficient (Wildman–Crippen LogP) is 0.958. The molecule has 0 radical (unpaired) electrons. The summed E-state index contributed by atoms with van der Waals surface area (Å²) in [5.74, 6) is -3.24. The van der Waals surface area contributed by atoms with E-state index in [-0.39, 0.29) is 25.0 Å². The molecule has 0 saturated heterocycles. The first-order chi connectivity index (χ1) is 22.9. The molecule has 0 aliphatic carbocycles. The molecule has 0 saturated carbocycles. The van der Waals surface area contributed by atoms with Gasteiger partial charge in [0, 0.05) is 35.0 Å². The molecule has 0 aliphatic rings. The summed E-state index contributed by atoms with van der Waals surface area (Å²) in [5.41, 5.74) is 14.6. The third-order valence-corrected chi connectivity index (χ3v) is 7.92. The normalized spacial score (nSPS) is 13.5. The minimum absolute atomic E-state index is 0.0628. The van der Waals surface area contributed by atoms with Crippen LogP contribution in [0.15, 0.2) is 79.0 Å². The number of rotatable bonds is 15. The molecule has 4 atom stereocenters. The molecular weight excluding hydrogens is 638 g/mol. The number of aromatic amines is 1. The highest BCUT2D eigenvalue weighted by molar-refractivity contribution is 6.30. The monoisotopic (exact) mass is 675 g/mol. The largest absolute Gasteiger partial charge is 0.508 e. The van der Waals surface area contributed by atoms with Gasteiger partial charge in [-0.2, -0.15) is 0 Å². The van der Waals surface area contributed by atoms with Crippen molar-refractivity contribution in [1.82, 2.24) is 26.3 Å². The molecule has 252 valence electrons. The predicted molar refractivity (Wildman–Crippen MR) is 181 cm³/mol. The van der Waals surface area contributed by atoms with Crippen LogP contribution in [-0.4, -0.2) is 70.3 Å². The van der Waals surface area contributed by atoms with E-state index < -0.39 is 60.2 Å². The minimum atomic E-state index is -1.14. The molecule has 14 heteroatoms. The first kappa shape index (κ1) is 35.5. The van der Waals surface area contributed by atoms with Crippen LogP contribution in [0.2, 0.25) is 5.02 Å². The molecule has 0 fully saturated rings. The van der Waals surface area contributed by atoms with Crippen LogP contribution in [0.1, 0.15) is 23.6 Å². The lowest BCUT2D eigenvalue weighted by Crippen LogP contribution is -2.56. The Bertz CT molecular complexity index is 1760. The zero-order chi connectivity index (χ0) is 34.8. The summed E-state index contributed by atoms with van der Waals surface area (Å²) in [5, 5.41) is 21.1. The first-order valence-electron chi connectivity index (χ1n) is 15.2. The van der Waals surface area contributed by atoms with Crippen molar-refractivity contribution < 1.29 is 29.1 Å². The average Bonchev–Trinajstić information content (AvgIpc) is 3.47.